The van der Waals surface area contributed by atoms with Gasteiger partial charge >= 0.3 is 5.97 Å². The molecule has 1 aromatic carbocycles. The number of carbonyl (C=O) groups is 3. The number of aliphatic hydroxyl groups is 2. The molecule has 1 amide bonds. The van der Waals surface area contributed by atoms with Crippen LogP contribution in [-0.2, 0) is 30.3 Å². The fourth-order valence-electron chi connectivity index (χ4n) is 7.41. The second-order valence-electron chi connectivity index (χ2n) is 11.7. The van der Waals surface area contributed by atoms with Crippen LogP contribution in [0, 0.1) is 29.1 Å². The third-order valence-electron chi connectivity index (χ3n) is 9.31. The molecule has 3 fully saturated rings. The number of ether oxygens (including phenoxy) is 2. The SMILES string of the molecule is C=C1C(C)[C@@H]2[C@H](Cc3ccccc3)NC(=O)[C@]23[C@H](OC(C)=O)[C@H]2O[C@H]2[C@@](C)(O)C(=O)C(C)C/C=C/[C@H]3C1O. The summed E-state index contributed by atoms with van der Waals surface area (Å²) in [5, 5.41) is 26.0. The normalized spacial score (nSPS) is 45.1. The van der Waals surface area contributed by atoms with E-state index >= 15 is 0 Å². The first kappa shape index (κ1) is 26.8. The number of Topliss-reactive ketones (excluding diaryl/α,β-unsaturated/α-hetero) is 1. The van der Waals surface area contributed by atoms with E-state index in [9.17, 15) is 24.6 Å². The molecule has 2 aliphatic heterocycles. The van der Waals surface area contributed by atoms with Crippen LogP contribution < -0.4 is 5.32 Å². The Labute approximate surface area is 223 Å². The summed E-state index contributed by atoms with van der Waals surface area (Å²) in [7, 11) is 0. The van der Waals surface area contributed by atoms with Crippen molar-refractivity contribution >= 4 is 17.7 Å². The fourth-order valence-corrected chi connectivity index (χ4v) is 7.41. The third kappa shape index (κ3) is 3.96. The Hall–Kier alpha value is -2.81. The average molecular weight is 524 g/mol. The van der Waals surface area contributed by atoms with Gasteiger partial charge in [0.15, 0.2) is 5.78 Å². The van der Waals surface area contributed by atoms with Crippen LogP contribution in [0.15, 0.2) is 54.6 Å². The first-order valence-corrected chi connectivity index (χ1v) is 13.4. The van der Waals surface area contributed by atoms with Gasteiger partial charge in [-0.05, 0) is 36.8 Å². The molecule has 5 rings (SSSR count). The minimum atomic E-state index is -1.83. The van der Waals surface area contributed by atoms with Crippen molar-refractivity contribution in [1.29, 1.82) is 0 Å². The number of nitrogens with one attached hydrogen (secondary N) is 1. The topological polar surface area (TPSA) is 125 Å². The van der Waals surface area contributed by atoms with Gasteiger partial charge < -0.3 is 25.0 Å². The smallest absolute Gasteiger partial charge is 0.303 e. The molecule has 3 N–H and O–H groups in total. The van der Waals surface area contributed by atoms with Gasteiger partial charge in [0.1, 0.15) is 29.3 Å². The second kappa shape index (κ2) is 9.43. The minimum absolute atomic E-state index is 0.302. The first-order chi connectivity index (χ1) is 17.9. The van der Waals surface area contributed by atoms with Crippen LogP contribution in [-0.4, -0.2) is 63.9 Å². The summed E-state index contributed by atoms with van der Waals surface area (Å²) in [6, 6.07) is 9.48. The molecule has 1 saturated carbocycles. The van der Waals surface area contributed by atoms with Gasteiger partial charge in [0.25, 0.3) is 0 Å². The maximum atomic E-state index is 14.3. The van der Waals surface area contributed by atoms with E-state index in [1.807, 2.05) is 37.3 Å². The summed E-state index contributed by atoms with van der Waals surface area (Å²) >= 11 is 0. The van der Waals surface area contributed by atoms with Crippen molar-refractivity contribution in [1.82, 2.24) is 5.32 Å². The molecule has 1 aromatic rings. The molecule has 2 heterocycles. The lowest BCUT2D eigenvalue weighted by Crippen LogP contribution is -2.62. The molecule has 38 heavy (non-hydrogen) atoms. The molecule has 8 heteroatoms. The van der Waals surface area contributed by atoms with Crippen molar-refractivity contribution in [3.63, 3.8) is 0 Å². The number of hydrogen-bond donors (Lipinski definition) is 3. The van der Waals surface area contributed by atoms with Crippen molar-refractivity contribution in [3.8, 4) is 0 Å². The Balaban J connectivity index is 1.70. The molecule has 1 spiro atoms. The van der Waals surface area contributed by atoms with Gasteiger partial charge in [0, 0.05) is 30.7 Å². The highest BCUT2D eigenvalue weighted by atomic mass is 16.6. The van der Waals surface area contributed by atoms with E-state index in [2.05, 4.69) is 11.9 Å². The highest BCUT2D eigenvalue weighted by Crippen LogP contribution is 2.61. The molecule has 0 aromatic heterocycles. The molecule has 3 unspecified atom stereocenters. The largest absolute Gasteiger partial charge is 0.458 e. The zero-order chi connectivity index (χ0) is 27.6. The number of amides is 1. The maximum absolute atomic E-state index is 14.3. The maximum Gasteiger partial charge on any atom is 0.303 e. The number of rotatable bonds is 3. The van der Waals surface area contributed by atoms with Crippen molar-refractivity contribution in [2.45, 2.75) is 76.6 Å². The number of esters is 1. The Morgan fingerprint density at radius 3 is 2.58 bits per heavy atom. The number of aliphatic hydroxyl groups excluding tert-OH is 1. The number of benzene rings is 1. The molecule has 4 aliphatic rings. The van der Waals surface area contributed by atoms with E-state index < -0.39 is 59.2 Å². The van der Waals surface area contributed by atoms with Crippen LogP contribution in [0.3, 0.4) is 0 Å². The van der Waals surface area contributed by atoms with E-state index in [0.29, 0.717) is 18.4 Å². The van der Waals surface area contributed by atoms with Crippen molar-refractivity contribution in [2.24, 2.45) is 29.1 Å². The molecule has 2 saturated heterocycles. The van der Waals surface area contributed by atoms with E-state index in [-0.39, 0.29) is 23.7 Å². The molecule has 204 valence electrons. The summed E-state index contributed by atoms with van der Waals surface area (Å²) in [6.07, 6.45) is 0.350. The lowest BCUT2D eigenvalue weighted by atomic mass is 9.51. The molecular formula is C30H37NO7. The number of allylic oxidation sites excluding steroid dienone is 1. The van der Waals surface area contributed by atoms with Gasteiger partial charge in [-0.2, -0.15) is 0 Å². The molecule has 0 bridgehead atoms. The van der Waals surface area contributed by atoms with Crippen LogP contribution in [0.2, 0.25) is 0 Å². The molecular weight excluding hydrogens is 486 g/mol. The Morgan fingerprint density at radius 2 is 1.92 bits per heavy atom. The second-order valence-corrected chi connectivity index (χ2v) is 11.7. The lowest BCUT2D eigenvalue weighted by Gasteiger charge is -2.52. The monoisotopic (exact) mass is 523 g/mol. The zero-order valence-electron chi connectivity index (χ0n) is 22.3. The van der Waals surface area contributed by atoms with Gasteiger partial charge in [-0.1, -0.05) is 62.9 Å². The molecule has 11 atom stereocenters. The predicted molar refractivity (Wildman–Crippen MR) is 139 cm³/mol. The highest BCUT2D eigenvalue weighted by molar-refractivity contribution is 5.91. The summed E-state index contributed by atoms with van der Waals surface area (Å²) in [5.74, 6) is -3.34. The Kier molecular flexibility index (Phi) is 6.65. The summed E-state index contributed by atoms with van der Waals surface area (Å²) in [6.45, 7) is 10.6. The van der Waals surface area contributed by atoms with E-state index in [0.717, 1.165) is 5.56 Å². The van der Waals surface area contributed by atoms with Gasteiger partial charge in [-0.15, -0.1) is 0 Å². The standard InChI is InChI=1S/C30H37NO7/c1-15-10-9-13-20-23(33)17(3)16(2)22-21(14-19-11-7-6-8-12-19)31-28(35)30(20,22)27(37-18(4)32)24-26(38-24)29(5,36)25(15)34/h6-9,11-13,15-16,20-24,26-27,33,36H,3,10,14H2,1-2,4-5H3,(H,31,35)/b13-9+/t15?,16?,20-,21-,22+,23?,24-,26+,27+,29-,30-/m0/s1. The number of epoxide rings is 1. The Bertz CT molecular complexity index is 1180. The van der Waals surface area contributed by atoms with E-state index in [1.54, 1.807) is 19.1 Å². The predicted octanol–water partition coefficient (Wildman–Crippen LogP) is 2.13. The minimum Gasteiger partial charge on any atom is -0.458 e. The van der Waals surface area contributed by atoms with Crippen LogP contribution >= 0.6 is 0 Å². The van der Waals surface area contributed by atoms with Crippen LogP contribution in [0.5, 0.6) is 0 Å². The Morgan fingerprint density at radius 1 is 1.24 bits per heavy atom. The van der Waals surface area contributed by atoms with Crippen LogP contribution in [0.1, 0.15) is 39.7 Å². The molecule has 2 aliphatic carbocycles. The number of fused-ring (bicyclic) bond motifs is 1. The van der Waals surface area contributed by atoms with Gasteiger partial charge in [-0.25, -0.2) is 0 Å². The zero-order valence-corrected chi connectivity index (χ0v) is 22.3. The van der Waals surface area contributed by atoms with Gasteiger partial charge in [-0.3, -0.25) is 14.4 Å². The lowest BCUT2D eigenvalue weighted by molar-refractivity contribution is -0.175. The van der Waals surface area contributed by atoms with Crippen LogP contribution in [0.4, 0.5) is 0 Å². The van der Waals surface area contributed by atoms with Crippen molar-refractivity contribution in [3.05, 3.63) is 60.2 Å². The first-order valence-electron chi connectivity index (χ1n) is 13.4. The molecule has 0 radical (unpaired) electrons. The highest BCUT2D eigenvalue weighted by Gasteiger charge is 2.74. The van der Waals surface area contributed by atoms with Crippen LogP contribution in [0.25, 0.3) is 0 Å². The fraction of sp³-hybridized carbons (Fsp3) is 0.567. The van der Waals surface area contributed by atoms with E-state index in [1.165, 1.54) is 13.8 Å². The van der Waals surface area contributed by atoms with E-state index in [4.69, 9.17) is 9.47 Å². The number of carbonyl (C=O) groups excluding carboxylic acids is 3. The quantitative estimate of drug-likeness (QED) is 0.315. The van der Waals surface area contributed by atoms with Crippen molar-refractivity contribution < 1.29 is 34.1 Å². The summed E-state index contributed by atoms with van der Waals surface area (Å²) in [5.41, 5.74) is -1.60. The summed E-state index contributed by atoms with van der Waals surface area (Å²) < 4.78 is 11.9. The molecule has 8 nitrogen and oxygen atoms in total. The van der Waals surface area contributed by atoms with Crippen molar-refractivity contribution in [2.75, 3.05) is 0 Å². The summed E-state index contributed by atoms with van der Waals surface area (Å²) in [4.78, 5) is 40.0. The van der Waals surface area contributed by atoms with Gasteiger partial charge in [0.05, 0.1) is 6.10 Å². The van der Waals surface area contributed by atoms with Gasteiger partial charge in [0.2, 0.25) is 5.91 Å². The third-order valence-corrected chi connectivity index (χ3v) is 9.31. The average Bonchev–Trinajstić information content (AvgIpc) is 3.62. The number of hydrogen-bond acceptors (Lipinski definition) is 7. The number of ketones is 1.